The number of aliphatic imine (C=N–C) groups is 1. The molecule has 0 aromatic carbocycles. The van der Waals surface area contributed by atoms with Crippen molar-refractivity contribution in [1.82, 2.24) is 25.4 Å². The molecule has 0 saturated heterocycles. The van der Waals surface area contributed by atoms with Crippen LogP contribution in [-0.4, -0.2) is 60.7 Å². The van der Waals surface area contributed by atoms with Crippen molar-refractivity contribution in [3.63, 3.8) is 0 Å². The lowest BCUT2D eigenvalue weighted by Crippen LogP contribution is -2.39. The second kappa shape index (κ2) is 11.8. The zero-order valence-electron chi connectivity index (χ0n) is 14.8. The zero-order chi connectivity index (χ0) is 16.9. The number of rotatable bonds is 11. The van der Waals surface area contributed by atoms with Gasteiger partial charge in [0.2, 0.25) is 0 Å². The molecule has 1 heterocycles. The topological polar surface area (TPSA) is 85.6 Å². The third-order valence-electron chi connectivity index (χ3n) is 3.34. The smallest absolute Gasteiger partial charge is 0.191 e. The fourth-order valence-electron chi connectivity index (χ4n) is 1.86. The molecule has 0 fully saturated rings. The van der Waals surface area contributed by atoms with Crippen LogP contribution in [0.15, 0.2) is 4.99 Å². The number of aromatic nitrogens is 3. The molecular weight excluding hydrogens is 296 g/mol. The maximum atomic E-state index is 5.34. The molecular formula is C15H30N6O2. The molecule has 1 rings (SSSR count). The number of guanidine groups is 1. The second-order valence-corrected chi connectivity index (χ2v) is 5.14. The van der Waals surface area contributed by atoms with E-state index in [2.05, 4.69) is 25.8 Å². The predicted molar refractivity (Wildman–Crippen MR) is 90.5 cm³/mol. The molecule has 0 radical (unpaired) electrons. The van der Waals surface area contributed by atoms with Gasteiger partial charge in [0, 0.05) is 47.1 Å². The summed E-state index contributed by atoms with van der Waals surface area (Å²) < 4.78 is 12.3. The van der Waals surface area contributed by atoms with Gasteiger partial charge < -0.3 is 24.7 Å². The van der Waals surface area contributed by atoms with Crippen LogP contribution in [0.3, 0.4) is 0 Å². The highest BCUT2D eigenvalue weighted by Gasteiger charge is 2.05. The SMILES string of the molecule is CCOCCCNC(=NCc1nnc(C)n1C)NCCCOC. The van der Waals surface area contributed by atoms with Crippen LogP contribution in [0.1, 0.15) is 31.4 Å². The quantitative estimate of drug-likeness (QED) is 0.352. The summed E-state index contributed by atoms with van der Waals surface area (Å²) in [4.78, 5) is 4.57. The van der Waals surface area contributed by atoms with Crippen LogP contribution in [0.25, 0.3) is 0 Å². The highest BCUT2D eigenvalue weighted by Crippen LogP contribution is 1.99. The van der Waals surface area contributed by atoms with Crippen LogP contribution in [0.5, 0.6) is 0 Å². The van der Waals surface area contributed by atoms with Crippen molar-refractivity contribution in [3.05, 3.63) is 11.6 Å². The summed E-state index contributed by atoms with van der Waals surface area (Å²) in [5.41, 5.74) is 0. The summed E-state index contributed by atoms with van der Waals surface area (Å²) >= 11 is 0. The van der Waals surface area contributed by atoms with Crippen LogP contribution in [-0.2, 0) is 23.1 Å². The summed E-state index contributed by atoms with van der Waals surface area (Å²) in [6.07, 6.45) is 1.87. The maximum Gasteiger partial charge on any atom is 0.191 e. The Bertz CT molecular complexity index is 461. The van der Waals surface area contributed by atoms with Crippen molar-refractivity contribution in [3.8, 4) is 0 Å². The highest BCUT2D eigenvalue weighted by atomic mass is 16.5. The molecule has 0 spiro atoms. The number of hydrogen-bond acceptors (Lipinski definition) is 5. The monoisotopic (exact) mass is 326 g/mol. The lowest BCUT2D eigenvalue weighted by atomic mass is 10.4. The largest absolute Gasteiger partial charge is 0.385 e. The van der Waals surface area contributed by atoms with Gasteiger partial charge in [0.25, 0.3) is 0 Å². The average molecular weight is 326 g/mol. The Hall–Kier alpha value is -1.67. The van der Waals surface area contributed by atoms with Crippen LogP contribution in [0.2, 0.25) is 0 Å². The number of nitrogens with one attached hydrogen (secondary N) is 2. The Kier molecular flexibility index (Phi) is 9.97. The molecule has 0 aliphatic heterocycles. The van der Waals surface area contributed by atoms with Crippen LogP contribution in [0, 0.1) is 6.92 Å². The van der Waals surface area contributed by atoms with Gasteiger partial charge in [0.05, 0.1) is 0 Å². The van der Waals surface area contributed by atoms with Crippen molar-refractivity contribution in [1.29, 1.82) is 0 Å². The van der Waals surface area contributed by atoms with Crippen molar-refractivity contribution >= 4 is 5.96 Å². The van der Waals surface area contributed by atoms with Crippen molar-refractivity contribution in [2.45, 2.75) is 33.2 Å². The van der Waals surface area contributed by atoms with E-state index in [1.165, 1.54) is 0 Å². The van der Waals surface area contributed by atoms with Crippen LogP contribution >= 0.6 is 0 Å². The molecule has 23 heavy (non-hydrogen) atoms. The summed E-state index contributed by atoms with van der Waals surface area (Å²) in [7, 11) is 3.65. The van der Waals surface area contributed by atoms with Gasteiger partial charge in [-0.1, -0.05) is 0 Å². The molecule has 8 nitrogen and oxygen atoms in total. The molecule has 0 aliphatic carbocycles. The van der Waals surface area contributed by atoms with E-state index in [0.29, 0.717) is 6.54 Å². The predicted octanol–water partition coefficient (Wildman–Crippen LogP) is 0.622. The van der Waals surface area contributed by atoms with Gasteiger partial charge in [-0.05, 0) is 26.7 Å². The number of aryl methyl sites for hydroxylation is 1. The summed E-state index contributed by atoms with van der Waals surface area (Å²) in [5.74, 6) is 2.50. The fraction of sp³-hybridized carbons (Fsp3) is 0.800. The molecule has 2 N–H and O–H groups in total. The van der Waals surface area contributed by atoms with Crippen molar-refractivity contribution in [2.24, 2.45) is 12.0 Å². The van der Waals surface area contributed by atoms with Gasteiger partial charge >= 0.3 is 0 Å². The first kappa shape index (κ1) is 19.4. The highest BCUT2D eigenvalue weighted by molar-refractivity contribution is 5.79. The Morgan fingerprint density at radius 3 is 2.43 bits per heavy atom. The van der Waals surface area contributed by atoms with E-state index in [9.17, 15) is 0 Å². The first-order chi connectivity index (χ1) is 11.2. The molecule has 8 heteroatoms. The summed E-state index contributed by atoms with van der Waals surface area (Å²) in [6, 6.07) is 0. The second-order valence-electron chi connectivity index (χ2n) is 5.14. The van der Waals surface area contributed by atoms with E-state index in [1.54, 1.807) is 7.11 Å². The fourth-order valence-corrected chi connectivity index (χ4v) is 1.86. The van der Waals surface area contributed by atoms with Gasteiger partial charge in [-0.25, -0.2) is 4.99 Å². The Morgan fingerprint density at radius 1 is 1.17 bits per heavy atom. The minimum absolute atomic E-state index is 0.489. The van der Waals surface area contributed by atoms with Crippen LogP contribution in [0.4, 0.5) is 0 Å². The number of hydrogen-bond donors (Lipinski definition) is 2. The lowest BCUT2D eigenvalue weighted by Gasteiger charge is -2.12. The van der Waals surface area contributed by atoms with Gasteiger partial charge in [-0.15, -0.1) is 10.2 Å². The van der Waals surface area contributed by atoms with E-state index in [-0.39, 0.29) is 0 Å². The van der Waals surface area contributed by atoms with Gasteiger partial charge in [0.1, 0.15) is 12.4 Å². The normalized spacial score (nSPS) is 11.7. The third kappa shape index (κ3) is 7.94. The Balaban J connectivity index is 2.47. The average Bonchev–Trinajstić information content (AvgIpc) is 2.87. The molecule has 0 aliphatic rings. The maximum absolute atomic E-state index is 5.34. The standard InChI is InChI=1S/C15H30N6O2/c1-5-23-11-7-9-17-15(16-8-6-10-22-4)18-12-14-20-19-13(2)21(14)3/h5-12H2,1-4H3,(H2,16,17,18). The third-order valence-corrected chi connectivity index (χ3v) is 3.34. The number of nitrogens with zero attached hydrogens (tertiary/aromatic N) is 4. The van der Waals surface area contributed by atoms with Crippen molar-refractivity contribution < 1.29 is 9.47 Å². The minimum Gasteiger partial charge on any atom is -0.385 e. The molecule has 132 valence electrons. The molecule has 0 unspecified atom stereocenters. The molecule has 0 bridgehead atoms. The summed E-state index contributed by atoms with van der Waals surface area (Å²) in [6.45, 7) is 8.27. The van der Waals surface area contributed by atoms with Gasteiger partial charge in [-0.2, -0.15) is 0 Å². The molecule has 0 atom stereocenters. The lowest BCUT2D eigenvalue weighted by molar-refractivity contribution is 0.145. The number of ether oxygens (including phenoxy) is 2. The molecule has 0 saturated carbocycles. The van der Waals surface area contributed by atoms with Crippen molar-refractivity contribution in [2.75, 3.05) is 40.0 Å². The van der Waals surface area contributed by atoms with Crippen LogP contribution < -0.4 is 10.6 Å². The molecule has 1 aromatic heterocycles. The van der Waals surface area contributed by atoms with E-state index >= 15 is 0 Å². The minimum atomic E-state index is 0.489. The van der Waals surface area contributed by atoms with E-state index in [4.69, 9.17) is 9.47 Å². The van der Waals surface area contributed by atoms with Gasteiger partial charge in [-0.3, -0.25) is 0 Å². The molecule has 0 amide bonds. The van der Waals surface area contributed by atoms with Gasteiger partial charge in [0.15, 0.2) is 11.8 Å². The number of methoxy groups -OCH3 is 1. The molecule has 1 aromatic rings. The first-order valence-electron chi connectivity index (χ1n) is 8.12. The Labute approximate surface area is 138 Å². The summed E-state index contributed by atoms with van der Waals surface area (Å²) in [5, 5.41) is 14.8. The Morgan fingerprint density at radius 2 is 1.87 bits per heavy atom. The zero-order valence-corrected chi connectivity index (χ0v) is 14.8. The first-order valence-corrected chi connectivity index (χ1v) is 8.12. The van der Waals surface area contributed by atoms with E-state index in [0.717, 1.165) is 63.4 Å². The van der Waals surface area contributed by atoms with E-state index in [1.807, 2.05) is 25.5 Å². The van der Waals surface area contributed by atoms with E-state index < -0.39 is 0 Å².